The van der Waals surface area contributed by atoms with E-state index in [2.05, 4.69) is 0 Å². The summed E-state index contributed by atoms with van der Waals surface area (Å²) in [4.78, 5) is 0. The van der Waals surface area contributed by atoms with Gasteiger partial charge in [0.15, 0.2) is 0 Å². The first-order chi connectivity index (χ1) is 7.38. The zero-order valence-corrected chi connectivity index (χ0v) is 8.98. The van der Waals surface area contributed by atoms with Gasteiger partial charge >= 0.3 is 0 Å². The lowest BCUT2D eigenvalue weighted by Crippen LogP contribution is -2.02. The molecule has 3 nitrogen and oxygen atoms in total. The quantitative estimate of drug-likeness (QED) is 0.672. The summed E-state index contributed by atoms with van der Waals surface area (Å²) in [6.07, 6.45) is 3.15. The van der Waals surface area contributed by atoms with Gasteiger partial charge in [0, 0.05) is 5.56 Å². The number of aliphatic hydroxyl groups excluding tert-OH is 1. The van der Waals surface area contributed by atoms with Crippen molar-refractivity contribution in [2.45, 2.75) is 25.9 Å². The number of hydrogen-bond acceptors (Lipinski definition) is 3. The molecule has 0 bridgehead atoms. The molecular weight excluding hydrogens is 190 g/mol. The van der Waals surface area contributed by atoms with Gasteiger partial charge in [0.25, 0.3) is 0 Å². The Labute approximate surface area is 90.9 Å². The molecule has 0 aliphatic carbocycles. The van der Waals surface area contributed by atoms with Crippen LogP contribution < -0.4 is 10.5 Å². The largest absolute Gasteiger partial charge is 0.493 e. The monoisotopic (exact) mass is 209 g/mol. The summed E-state index contributed by atoms with van der Waals surface area (Å²) in [6, 6.07) is 7.56. The first-order valence-electron chi connectivity index (χ1n) is 5.40. The maximum absolute atomic E-state index is 9.06. The Kier molecular flexibility index (Phi) is 5.81. The van der Waals surface area contributed by atoms with E-state index in [0.29, 0.717) is 6.61 Å². The molecule has 0 atom stereocenters. The van der Waals surface area contributed by atoms with Crippen LogP contribution in [0.15, 0.2) is 24.3 Å². The van der Waals surface area contributed by atoms with Crippen LogP contribution in [-0.2, 0) is 6.61 Å². The minimum absolute atomic E-state index is 0.0268. The van der Waals surface area contributed by atoms with Crippen LogP contribution in [0.5, 0.6) is 5.75 Å². The standard InChI is InChI=1S/C12H19NO2/c13-8-4-1-5-9-15-12-7-3-2-6-11(12)10-14/h2-3,6-7,14H,1,4-5,8-10,13H2. The van der Waals surface area contributed by atoms with Crippen molar-refractivity contribution in [2.75, 3.05) is 13.2 Å². The summed E-state index contributed by atoms with van der Waals surface area (Å²) in [5, 5.41) is 9.06. The summed E-state index contributed by atoms with van der Waals surface area (Å²) in [5.74, 6) is 0.785. The molecular formula is C12H19NO2. The molecule has 84 valence electrons. The van der Waals surface area contributed by atoms with E-state index in [0.717, 1.165) is 37.1 Å². The van der Waals surface area contributed by atoms with E-state index in [1.165, 1.54) is 0 Å². The highest BCUT2D eigenvalue weighted by atomic mass is 16.5. The highest BCUT2D eigenvalue weighted by Crippen LogP contribution is 2.17. The van der Waals surface area contributed by atoms with E-state index in [1.54, 1.807) is 0 Å². The molecule has 0 radical (unpaired) electrons. The van der Waals surface area contributed by atoms with Crippen LogP contribution in [0, 0.1) is 0 Å². The summed E-state index contributed by atoms with van der Waals surface area (Å²) in [5.41, 5.74) is 6.24. The van der Waals surface area contributed by atoms with Crippen LogP contribution >= 0.6 is 0 Å². The van der Waals surface area contributed by atoms with E-state index in [1.807, 2.05) is 24.3 Å². The Morgan fingerprint density at radius 1 is 1.13 bits per heavy atom. The second-order valence-corrected chi connectivity index (χ2v) is 3.46. The SMILES string of the molecule is NCCCCCOc1ccccc1CO. The molecule has 15 heavy (non-hydrogen) atoms. The van der Waals surface area contributed by atoms with Gasteiger partial charge in [0.2, 0.25) is 0 Å². The van der Waals surface area contributed by atoms with Gasteiger partial charge < -0.3 is 15.6 Å². The molecule has 0 unspecified atom stereocenters. The predicted molar refractivity (Wildman–Crippen MR) is 60.8 cm³/mol. The number of aliphatic hydroxyl groups is 1. The molecule has 0 heterocycles. The number of rotatable bonds is 7. The summed E-state index contributed by atoms with van der Waals surface area (Å²) >= 11 is 0. The molecule has 0 aromatic heterocycles. The van der Waals surface area contributed by atoms with E-state index in [4.69, 9.17) is 15.6 Å². The van der Waals surface area contributed by atoms with Crippen LogP contribution in [0.3, 0.4) is 0 Å². The third-order valence-electron chi connectivity index (χ3n) is 2.25. The van der Waals surface area contributed by atoms with E-state index in [-0.39, 0.29) is 6.61 Å². The summed E-state index contributed by atoms with van der Waals surface area (Å²) < 4.78 is 5.57. The Bertz CT molecular complexity index is 276. The first kappa shape index (κ1) is 12.0. The van der Waals surface area contributed by atoms with Crippen molar-refractivity contribution in [3.8, 4) is 5.75 Å². The average molecular weight is 209 g/mol. The van der Waals surface area contributed by atoms with Gasteiger partial charge in [-0.05, 0) is 31.9 Å². The molecule has 3 heteroatoms. The average Bonchev–Trinajstić information content (AvgIpc) is 2.29. The second-order valence-electron chi connectivity index (χ2n) is 3.46. The van der Waals surface area contributed by atoms with E-state index in [9.17, 15) is 0 Å². The first-order valence-corrected chi connectivity index (χ1v) is 5.40. The van der Waals surface area contributed by atoms with Gasteiger partial charge in [0.05, 0.1) is 13.2 Å². The maximum Gasteiger partial charge on any atom is 0.124 e. The molecule has 0 spiro atoms. The van der Waals surface area contributed by atoms with Crippen molar-refractivity contribution in [1.29, 1.82) is 0 Å². The predicted octanol–water partition coefficient (Wildman–Crippen LogP) is 1.69. The van der Waals surface area contributed by atoms with Gasteiger partial charge in [-0.2, -0.15) is 0 Å². The molecule has 3 N–H and O–H groups in total. The number of nitrogens with two attached hydrogens (primary N) is 1. The smallest absolute Gasteiger partial charge is 0.124 e. The molecule has 1 aromatic carbocycles. The topological polar surface area (TPSA) is 55.5 Å². The van der Waals surface area contributed by atoms with Crippen LogP contribution in [0.4, 0.5) is 0 Å². The Hall–Kier alpha value is -1.06. The fourth-order valence-electron chi connectivity index (χ4n) is 1.38. The number of hydrogen-bond donors (Lipinski definition) is 2. The van der Waals surface area contributed by atoms with Crippen LogP contribution in [0.2, 0.25) is 0 Å². The van der Waals surface area contributed by atoms with Gasteiger partial charge in [-0.3, -0.25) is 0 Å². The minimum Gasteiger partial charge on any atom is -0.493 e. The molecule has 1 aromatic rings. The molecule has 0 fully saturated rings. The Balaban J connectivity index is 2.30. The highest BCUT2D eigenvalue weighted by molar-refractivity contribution is 5.32. The van der Waals surface area contributed by atoms with Crippen LogP contribution in [-0.4, -0.2) is 18.3 Å². The number of para-hydroxylation sites is 1. The van der Waals surface area contributed by atoms with Crippen molar-refractivity contribution < 1.29 is 9.84 Å². The Morgan fingerprint density at radius 2 is 1.93 bits per heavy atom. The van der Waals surface area contributed by atoms with Gasteiger partial charge in [-0.15, -0.1) is 0 Å². The van der Waals surface area contributed by atoms with Gasteiger partial charge in [-0.25, -0.2) is 0 Å². The second kappa shape index (κ2) is 7.26. The third-order valence-corrected chi connectivity index (χ3v) is 2.25. The molecule has 1 rings (SSSR count). The summed E-state index contributed by atoms with van der Waals surface area (Å²) in [6.45, 7) is 1.46. The molecule has 0 saturated heterocycles. The zero-order valence-electron chi connectivity index (χ0n) is 8.98. The normalized spacial score (nSPS) is 10.3. The lowest BCUT2D eigenvalue weighted by atomic mass is 10.2. The number of ether oxygens (including phenoxy) is 1. The van der Waals surface area contributed by atoms with Crippen LogP contribution in [0.1, 0.15) is 24.8 Å². The van der Waals surface area contributed by atoms with Crippen molar-refractivity contribution in [1.82, 2.24) is 0 Å². The molecule has 0 saturated carbocycles. The Morgan fingerprint density at radius 3 is 2.67 bits per heavy atom. The van der Waals surface area contributed by atoms with Crippen molar-refractivity contribution in [2.24, 2.45) is 5.73 Å². The van der Waals surface area contributed by atoms with Gasteiger partial charge in [0.1, 0.15) is 5.75 Å². The summed E-state index contributed by atoms with van der Waals surface area (Å²) in [7, 11) is 0. The third kappa shape index (κ3) is 4.32. The fraction of sp³-hybridized carbons (Fsp3) is 0.500. The van der Waals surface area contributed by atoms with E-state index >= 15 is 0 Å². The van der Waals surface area contributed by atoms with E-state index < -0.39 is 0 Å². The van der Waals surface area contributed by atoms with Gasteiger partial charge in [-0.1, -0.05) is 18.2 Å². The lowest BCUT2D eigenvalue weighted by Gasteiger charge is -2.09. The zero-order chi connectivity index (χ0) is 10.9. The minimum atomic E-state index is 0.0268. The molecule has 0 aliphatic rings. The number of unbranched alkanes of at least 4 members (excludes halogenated alkanes) is 2. The maximum atomic E-state index is 9.06. The molecule has 0 amide bonds. The lowest BCUT2D eigenvalue weighted by molar-refractivity contribution is 0.260. The highest BCUT2D eigenvalue weighted by Gasteiger charge is 2.00. The molecule has 0 aliphatic heterocycles. The van der Waals surface area contributed by atoms with Crippen LogP contribution in [0.25, 0.3) is 0 Å². The van der Waals surface area contributed by atoms with Crippen molar-refractivity contribution >= 4 is 0 Å². The fourth-order valence-corrected chi connectivity index (χ4v) is 1.38. The number of benzene rings is 1. The van der Waals surface area contributed by atoms with Crippen molar-refractivity contribution in [3.05, 3.63) is 29.8 Å². The van der Waals surface area contributed by atoms with Crippen molar-refractivity contribution in [3.63, 3.8) is 0 Å².